The molecule has 19 heavy (non-hydrogen) atoms. The first-order valence-corrected chi connectivity index (χ1v) is 5.94. The van der Waals surface area contributed by atoms with Gasteiger partial charge in [-0.1, -0.05) is 35.9 Å². The molecule has 0 aliphatic heterocycles. The van der Waals surface area contributed by atoms with Crippen LogP contribution in [0, 0.1) is 0 Å². The highest BCUT2D eigenvalue weighted by atomic mass is 35.5. The van der Waals surface area contributed by atoms with Crippen LogP contribution in [0.25, 0.3) is 0 Å². The van der Waals surface area contributed by atoms with E-state index < -0.39 is 17.8 Å². The van der Waals surface area contributed by atoms with Gasteiger partial charge in [-0.25, -0.2) is 0 Å². The van der Waals surface area contributed by atoms with E-state index in [1.54, 1.807) is 30.3 Å². The van der Waals surface area contributed by atoms with Crippen molar-refractivity contribution in [3.8, 4) is 0 Å². The van der Waals surface area contributed by atoms with Crippen molar-refractivity contribution in [3.05, 3.63) is 70.2 Å². The topological polar surface area (TPSA) is 26.0 Å². The van der Waals surface area contributed by atoms with E-state index in [4.69, 9.17) is 17.3 Å². The fourth-order valence-corrected chi connectivity index (χ4v) is 2.00. The predicted molar refractivity (Wildman–Crippen MR) is 68.9 cm³/mol. The second kappa shape index (κ2) is 5.23. The fourth-order valence-electron chi connectivity index (χ4n) is 1.80. The third-order valence-electron chi connectivity index (χ3n) is 2.78. The maximum Gasteiger partial charge on any atom is 0.416 e. The van der Waals surface area contributed by atoms with Gasteiger partial charge in [-0.15, -0.1) is 0 Å². The second-order valence-corrected chi connectivity index (χ2v) is 4.59. The Morgan fingerprint density at radius 1 is 0.947 bits per heavy atom. The summed E-state index contributed by atoms with van der Waals surface area (Å²) >= 11 is 5.84. The standard InChI is InChI=1S/C14H11ClF3N/c15-12-6-2-4-10(8-12)13(19)9-3-1-5-11(7-9)14(16,17)18/h1-8,13H,19H2. The van der Waals surface area contributed by atoms with Crippen molar-refractivity contribution in [1.82, 2.24) is 0 Å². The number of hydrogen-bond donors (Lipinski definition) is 1. The number of hydrogen-bond acceptors (Lipinski definition) is 1. The zero-order valence-electron chi connectivity index (χ0n) is 9.79. The van der Waals surface area contributed by atoms with Gasteiger partial charge in [-0.2, -0.15) is 13.2 Å². The van der Waals surface area contributed by atoms with Crippen LogP contribution in [-0.4, -0.2) is 0 Å². The highest BCUT2D eigenvalue weighted by Crippen LogP contribution is 2.31. The molecule has 2 rings (SSSR count). The van der Waals surface area contributed by atoms with E-state index >= 15 is 0 Å². The summed E-state index contributed by atoms with van der Waals surface area (Å²) < 4.78 is 37.9. The lowest BCUT2D eigenvalue weighted by molar-refractivity contribution is -0.137. The first-order chi connectivity index (χ1) is 8.88. The van der Waals surface area contributed by atoms with Crippen molar-refractivity contribution < 1.29 is 13.2 Å². The highest BCUT2D eigenvalue weighted by molar-refractivity contribution is 6.30. The largest absolute Gasteiger partial charge is 0.416 e. The molecule has 0 aliphatic carbocycles. The van der Waals surface area contributed by atoms with Gasteiger partial charge in [0.25, 0.3) is 0 Å². The van der Waals surface area contributed by atoms with E-state index in [1.807, 2.05) is 0 Å². The van der Waals surface area contributed by atoms with Crippen molar-refractivity contribution in [2.45, 2.75) is 12.2 Å². The molecule has 1 unspecified atom stereocenters. The van der Waals surface area contributed by atoms with Gasteiger partial charge < -0.3 is 5.73 Å². The molecule has 0 aromatic heterocycles. The molecule has 0 radical (unpaired) electrons. The molecule has 1 nitrogen and oxygen atoms in total. The molecule has 100 valence electrons. The van der Waals surface area contributed by atoms with Crippen LogP contribution in [0.1, 0.15) is 22.7 Å². The SMILES string of the molecule is NC(c1cccc(Cl)c1)c1cccc(C(F)(F)F)c1. The van der Waals surface area contributed by atoms with Crippen molar-refractivity contribution >= 4 is 11.6 Å². The summed E-state index contributed by atoms with van der Waals surface area (Å²) in [6.07, 6.45) is -4.37. The van der Waals surface area contributed by atoms with Crippen LogP contribution >= 0.6 is 11.6 Å². The third kappa shape index (κ3) is 3.28. The highest BCUT2D eigenvalue weighted by Gasteiger charge is 2.30. The first-order valence-electron chi connectivity index (χ1n) is 5.56. The Hall–Kier alpha value is -1.52. The average Bonchev–Trinajstić information content (AvgIpc) is 2.37. The maximum absolute atomic E-state index is 12.6. The normalized spacial score (nSPS) is 13.3. The van der Waals surface area contributed by atoms with Crippen LogP contribution < -0.4 is 5.73 Å². The molecular formula is C14H11ClF3N. The molecule has 0 fully saturated rings. The smallest absolute Gasteiger partial charge is 0.320 e. The summed E-state index contributed by atoms with van der Waals surface area (Å²) in [5, 5.41) is 0.500. The summed E-state index contributed by atoms with van der Waals surface area (Å²) in [5.41, 5.74) is 6.34. The van der Waals surface area contributed by atoms with E-state index in [2.05, 4.69) is 0 Å². The Morgan fingerprint density at radius 3 is 2.11 bits per heavy atom. The molecule has 5 heteroatoms. The first kappa shape index (κ1) is 13.9. The summed E-state index contributed by atoms with van der Waals surface area (Å²) in [7, 11) is 0. The van der Waals surface area contributed by atoms with Gasteiger partial charge in [-0.05, 0) is 35.4 Å². The molecule has 0 saturated carbocycles. The van der Waals surface area contributed by atoms with Crippen molar-refractivity contribution in [2.75, 3.05) is 0 Å². The van der Waals surface area contributed by atoms with Crippen LogP contribution in [0.3, 0.4) is 0 Å². The van der Waals surface area contributed by atoms with Gasteiger partial charge in [0.2, 0.25) is 0 Å². The minimum atomic E-state index is -4.37. The van der Waals surface area contributed by atoms with Crippen LogP contribution in [0.2, 0.25) is 5.02 Å². The second-order valence-electron chi connectivity index (χ2n) is 4.16. The lowest BCUT2D eigenvalue weighted by atomic mass is 9.98. The summed E-state index contributed by atoms with van der Waals surface area (Å²) in [6.45, 7) is 0. The van der Waals surface area contributed by atoms with Gasteiger partial charge in [0.15, 0.2) is 0 Å². The van der Waals surface area contributed by atoms with E-state index in [1.165, 1.54) is 6.07 Å². The molecule has 0 bridgehead atoms. The molecular weight excluding hydrogens is 275 g/mol. The minimum absolute atomic E-state index is 0.400. The molecule has 0 spiro atoms. The molecule has 0 amide bonds. The summed E-state index contributed by atoms with van der Waals surface area (Å²) in [6, 6.07) is 11.1. The van der Waals surface area contributed by atoms with E-state index in [9.17, 15) is 13.2 Å². The zero-order chi connectivity index (χ0) is 14.0. The van der Waals surface area contributed by atoms with Gasteiger partial charge in [-0.3, -0.25) is 0 Å². The lowest BCUT2D eigenvalue weighted by Crippen LogP contribution is -2.13. The van der Waals surface area contributed by atoms with Crippen LogP contribution in [-0.2, 0) is 6.18 Å². The molecule has 0 saturated heterocycles. The van der Waals surface area contributed by atoms with Crippen molar-refractivity contribution in [3.63, 3.8) is 0 Å². The van der Waals surface area contributed by atoms with Gasteiger partial charge >= 0.3 is 6.18 Å². The fraction of sp³-hybridized carbons (Fsp3) is 0.143. The van der Waals surface area contributed by atoms with Crippen LogP contribution in [0.15, 0.2) is 48.5 Å². The lowest BCUT2D eigenvalue weighted by Gasteiger charge is -2.15. The van der Waals surface area contributed by atoms with Crippen molar-refractivity contribution in [2.24, 2.45) is 5.73 Å². The van der Waals surface area contributed by atoms with E-state index in [-0.39, 0.29) is 0 Å². The summed E-state index contributed by atoms with van der Waals surface area (Å²) in [4.78, 5) is 0. The van der Waals surface area contributed by atoms with Crippen molar-refractivity contribution in [1.29, 1.82) is 0 Å². The number of rotatable bonds is 2. The Kier molecular flexibility index (Phi) is 3.83. The molecule has 2 aromatic rings. The van der Waals surface area contributed by atoms with Crippen LogP contribution in [0.5, 0.6) is 0 Å². The molecule has 0 aliphatic rings. The van der Waals surface area contributed by atoms with Gasteiger partial charge in [0.05, 0.1) is 11.6 Å². The van der Waals surface area contributed by atoms with E-state index in [0.29, 0.717) is 16.1 Å². The maximum atomic E-state index is 12.6. The molecule has 0 heterocycles. The third-order valence-corrected chi connectivity index (χ3v) is 3.02. The Labute approximate surface area is 113 Å². The number of alkyl halides is 3. The van der Waals surface area contributed by atoms with E-state index in [0.717, 1.165) is 12.1 Å². The number of nitrogens with two attached hydrogens (primary N) is 1. The van der Waals surface area contributed by atoms with Crippen LogP contribution in [0.4, 0.5) is 13.2 Å². The quantitative estimate of drug-likeness (QED) is 0.869. The molecule has 2 aromatic carbocycles. The Balaban J connectivity index is 2.37. The van der Waals surface area contributed by atoms with Gasteiger partial charge in [0, 0.05) is 5.02 Å². The average molecular weight is 286 g/mol. The number of halogens is 4. The number of benzene rings is 2. The Bertz CT molecular complexity index is 581. The zero-order valence-corrected chi connectivity index (χ0v) is 10.5. The van der Waals surface area contributed by atoms with Gasteiger partial charge in [0.1, 0.15) is 0 Å². The summed E-state index contributed by atoms with van der Waals surface area (Å²) in [5.74, 6) is 0. The predicted octanol–water partition coefficient (Wildman–Crippen LogP) is 4.41. The Morgan fingerprint density at radius 2 is 1.53 bits per heavy atom. The molecule has 1 atom stereocenters. The molecule has 2 N–H and O–H groups in total. The minimum Gasteiger partial charge on any atom is -0.320 e. The monoisotopic (exact) mass is 285 g/mol.